The van der Waals surface area contributed by atoms with Gasteiger partial charge in [0.1, 0.15) is 6.04 Å². The third-order valence-electron chi connectivity index (χ3n) is 3.83. The summed E-state index contributed by atoms with van der Waals surface area (Å²) >= 11 is 0. The van der Waals surface area contributed by atoms with Crippen LogP contribution in [0.1, 0.15) is 15.9 Å². The maximum absolute atomic E-state index is 12.2. The molecule has 0 saturated carbocycles. The normalized spacial score (nSPS) is 11.8. The van der Waals surface area contributed by atoms with Crippen LogP contribution in [0.3, 0.4) is 0 Å². The Morgan fingerprint density at radius 2 is 1.83 bits per heavy atom. The average molecular weight is 320 g/mol. The maximum Gasteiger partial charge on any atom is 0.326 e. The minimum atomic E-state index is -1.07. The number of aromatic nitrogens is 1. The van der Waals surface area contributed by atoms with Gasteiger partial charge in [-0.3, -0.25) is 9.78 Å². The van der Waals surface area contributed by atoms with Crippen LogP contribution in [-0.2, 0) is 11.2 Å². The second-order valence-electron chi connectivity index (χ2n) is 5.45. The first kappa shape index (κ1) is 15.7. The summed E-state index contributed by atoms with van der Waals surface area (Å²) in [7, 11) is 0. The van der Waals surface area contributed by atoms with E-state index in [-0.39, 0.29) is 6.42 Å². The Morgan fingerprint density at radius 3 is 2.58 bits per heavy atom. The topological polar surface area (TPSA) is 79.3 Å². The first-order valence-electron chi connectivity index (χ1n) is 7.55. The van der Waals surface area contributed by atoms with Crippen LogP contribution in [0.2, 0.25) is 0 Å². The number of carboxylic acids is 1. The third-order valence-corrected chi connectivity index (χ3v) is 3.83. The van der Waals surface area contributed by atoms with Crippen LogP contribution in [0, 0.1) is 0 Å². The van der Waals surface area contributed by atoms with Gasteiger partial charge in [-0.15, -0.1) is 0 Å². The molecule has 0 radical (unpaired) electrons. The number of hydrogen-bond acceptors (Lipinski definition) is 3. The van der Waals surface area contributed by atoms with Crippen molar-refractivity contribution < 1.29 is 14.7 Å². The number of amides is 1. The van der Waals surface area contributed by atoms with Gasteiger partial charge in [0.2, 0.25) is 0 Å². The summed E-state index contributed by atoms with van der Waals surface area (Å²) in [6, 6.07) is 15.7. The lowest BCUT2D eigenvalue weighted by Gasteiger charge is -2.16. The lowest BCUT2D eigenvalue weighted by molar-refractivity contribution is -0.139. The number of nitrogens with one attached hydrogen (secondary N) is 1. The molecule has 120 valence electrons. The van der Waals surface area contributed by atoms with E-state index in [9.17, 15) is 14.7 Å². The Labute approximate surface area is 139 Å². The second kappa shape index (κ2) is 6.91. The predicted octanol–water partition coefficient (Wildman–Crippen LogP) is 2.66. The average Bonchev–Trinajstić information content (AvgIpc) is 2.62. The summed E-state index contributed by atoms with van der Waals surface area (Å²) in [5.74, 6) is -1.52. The molecule has 5 nitrogen and oxygen atoms in total. The van der Waals surface area contributed by atoms with Crippen LogP contribution in [0.5, 0.6) is 0 Å². The molecule has 3 aromatic rings. The van der Waals surface area contributed by atoms with E-state index in [1.807, 2.05) is 42.5 Å². The van der Waals surface area contributed by atoms with Gasteiger partial charge in [-0.2, -0.15) is 0 Å². The standard InChI is InChI=1S/C19H16N2O3/c22-18(15-8-4-10-20-12-15)21-17(19(23)24)11-14-7-3-6-13-5-1-2-9-16(13)14/h1-10,12,17H,11H2,(H,21,22)(H,23,24)/t17-/m0/s1. The molecule has 0 saturated heterocycles. The third kappa shape index (κ3) is 3.41. The van der Waals surface area contributed by atoms with Crippen LogP contribution in [0.25, 0.3) is 10.8 Å². The van der Waals surface area contributed by atoms with Gasteiger partial charge in [0, 0.05) is 18.8 Å². The Bertz CT molecular complexity index is 873. The van der Waals surface area contributed by atoms with Crippen molar-refractivity contribution in [2.75, 3.05) is 0 Å². The summed E-state index contributed by atoms with van der Waals surface area (Å²) in [6.45, 7) is 0. The number of rotatable bonds is 5. The van der Waals surface area contributed by atoms with Gasteiger partial charge in [0.05, 0.1) is 5.56 Å². The zero-order chi connectivity index (χ0) is 16.9. The molecule has 2 N–H and O–H groups in total. The van der Waals surface area contributed by atoms with E-state index < -0.39 is 17.9 Å². The SMILES string of the molecule is O=C(N[C@@H](Cc1cccc2ccccc12)C(=O)O)c1cccnc1. The molecule has 0 spiro atoms. The minimum Gasteiger partial charge on any atom is -0.480 e. The molecule has 1 aromatic heterocycles. The minimum absolute atomic E-state index is 0.211. The number of benzene rings is 2. The molecule has 1 amide bonds. The Morgan fingerprint density at radius 1 is 1.04 bits per heavy atom. The van der Waals surface area contributed by atoms with Crippen molar-refractivity contribution in [2.24, 2.45) is 0 Å². The van der Waals surface area contributed by atoms with E-state index in [2.05, 4.69) is 10.3 Å². The second-order valence-corrected chi connectivity index (χ2v) is 5.45. The molecule has 0 unspecified atom stereocenters. The molecule has 0 aliphatic carbocycles. The summed E-state index contributed by atoms with van der Waals surface area (Å²) in [4.78, 5) is 27.6. The summed E-state index contributed by atoms with van der Waals surface area (Å²) in [5.41, 5.74) is 1.22. The van der Waals surface area contributed by atoms with Gasteiger partial charge in [0.15, 0.2) is 0 Å². The maximum atomic E-state index is 12.2. The van der Waals surface area contributed by atoms with Gasteiger partial charge >= 0.3 is 5.97 Å². The lowest BCUT2D eigenvalue weighted by Crippen LogP contribution is -2.42. The van der Waals surface area contributed by atoms with Gasteiger partial charge in [-0.25, -0.2) is 4.79 Å². The quantitative estimate of drug-likeness (QED) is 0.757. The first-order valence-corrected chi connectivity index (χ1v) is 7.55. The summed E-state index contributed by atoms with van der Waals surface area (Å²) in [5, 5.41) is 14.1. The number of nitrogens with zero attached hydrogens (tertiary/aromatic N) is 1. The van der Waals surface area contributed by atoms with E-state index >= 15 is 0 Å². The number of hydrogen-bond donors (Lipinski definition) is 2. The van der Waals surface area contributed by atoms with E-state index in [1.165, 1.54) is 6.20 Å². The van der Waals surface area contributed by atoms with Gasteiger partial charge in [-0.1, -0.05) is 42.5 Å². The fraction of sp³-hybridized carbons (Fsp3) is 0.105. The van der Waals surface area contributed by atoms with Crippen molar-refractivity contribution in [3.05, 3.63) is 78.1 Å². The van der Waals surface area contributed by atoms with Gasteiger partial charge in [0.25, 0.3) is 5.91 Å². The van der Waals surface area contributed by atoms with Gasteiger partial charge < -0.3 is 10.4 Å². The highest BCUT2D eigenvalue weighted by Gasteiger charge is 2.22. The number of carbonyl (C=O) groups excluding carboxylic acids is 1. The highest BCUT2D eigenvalue weighted by Crippen LogP contribution is 2.20. The molecular weight excluding hydrogens is 304 g/mol. The highest BCUT2D eigenvalue weighted by molar-refractivity contribution is 5.96. The van der Waals surface area contributed by atoms with Crippen molar-refractivity contribution in [3.8, 4) is 0 Å². The van der Waals surface area contributed by atoms with Crippen LogP contribution >= 0.6 is 0 Å². The van der Waals surface area contributed by atoms with Crippen molar-refractivity contribution in [1.29, 1.82) is 0 Å². The number of fused-ring (bicyclic) bond motifs is 1. The van der Waals surface area contributed by atoms with E-state index in [1.54, 1.807) is 18.3 Å². The van der Waals surface area contributed by atoms with Crippen molar-refractivity contribution in [3.63, 3.8) is 0 Å². The Kier molecular flexibility index (Phi) is 4.52. The van der Waals surface area contributed by atoms with Crippen LogP contribution in [-0.4, -0.2) is 28.0 Å². The molecule has 5 heteroatoms. The fourth-order valence-corrected chi connectivity index (χ4v) is 2.63. The fourth-order valence-electron chi connectivity index (χ4n) is 2.63. The van der Waals surface area contributed by atoms with E-state index in [0.717, 1.165) is 16.3 Å². The number of pyridine rings is 1. The predicted molar refractivity (Wildman–Crippen MR) is 90.8 cm³/mol. The zero-order valence-corrected chi connectivity index (χ0v) is 12.8. The number of carboxylic acid groups (broad SMARTS) is 1. The molecule has 3 rings (SSSR count). The van der Waals surface area contributed by atoms with Crippen molar-refractivity contribution >= 4 is 22.6 Å². The molecule has 0 aliphatic heterocycles. The number of aliphatic carboxylic acids is 1. The number of carbonyl (C=O) groups is 2. The summed E-state index contributed by atoms with van der Waals surface area (Å²) in [6.07, 6.45) is 3.18. The first-order chi connectivity index (χ1) is 11.6. The van der Waals surface area contributed by atoms with Crippen molar-refractivity contribution in [2.45, 2.75) is 12.5 Å². The van der Waals surface area contributed by atoms with E-state index in [4.69, 9.17) is 0 Å². The largest absolute Gasteiger partial charge is 0.480 e. The summed E-state index contributed by atoms with van der Waals surface area (Å²) < 4.78 is 0. The molecule has 1 atom stereocenters. The molecule has 2 aromatic carbocycles. The molecule has 0 fully saturated rings. The molecular formula is C19H16N2O3. The molecule has 0 bridgehead atoms. The van der Waals surface area contributed by atoms with E-state index in [0.29, 0.717) is 5.56 Å². The highest BCUT2D eigenvalue weighted by atomic mass is 16.4. The van der Waals surface area contributed by atoms with Gasteiger partial charge in [-0.05, 0) is 28.5 Å². The molecule has 0 aliphatic rings. The monoisotopic (exact) mass is 320 g/mol. The smallest absolute Gasteiger partial charge is 0.326 e. The zero-order valence-electron chi connectivity index (χ0n) is 12.8. The Balaban J connectivity index is 1.84. The van der Waals surface area contributed by atoms with Crippen LogP contribution < -0.4 is 5.32 Å². The molecule has 1 heterocycles. The molecule has 24 heavy (non-hydrogen) atoms. The van der Waals surface area contributed by atoms with Crippen molar-refractivity contribution in [1.82, 2.24) is 10.3 Å². The lowest BCUT2D eigenvalue weighted by atomic mass is 9.98. The van der Waals surface area contributed by atoms with Crippen LogP contribution in [0.15, 0.2) is 67.0 Å². The Hall–Kier alpha value is -3.21. The van der Waals surface area contributed by atoms with Crippen LogP contribution in [0.4, 0.5) is 0 Å².